The van der Waals surface area contributed by atoms with Gasteiger partial charge in [-0.1, -0.05) is 119 Å². The number of carbonyl (C=O) groups is 2. The Kier molecular flexibility index (Phi) is 17.5. The van der Waals surface area contributed by atoms with Gasteiger partial charge in [-0.2, -0.15) is 0 Å². The highest BCUT2D eigenvalue weighted by molar-refractivity contribution is 6.24. The molecule has 67 heavy (non-hydrogen) atoms. The summed E-state index contributed by atoms with van der Waals surface area (Å²) in [5.41, 5.74) is 13.4. The van der Waals surface area contributed by atoms with Crippen LogP contribution in [0.25, 0.3) is 0 Å². The van der Waals surface area contributed by atoms with Crippen molar-refractivity contribution in [1.29, 1.82) is 0 Å². The van der Waals surface area contributed by atoms with Crippen LogP contribution in [-0.4, -0.2) is 47.4 Å². The van der Waals surface area contributed by atoms with Crippen LogP contribution in [0.1, 0.15) is 160 Å². The minimum atomic E-state index is -1.08. The van der Waals surface area contributed by atoms with Crippen LogP contribution in [0.5, 0.6) is 0 Å². The zero-order valence-corrected chi connectivity index (χ0v) is 43.0. The molecule has 0 amide bonds. The van der Waals surface area contributed by atoms with Crippen molar-refractivity contribution in [3.63, 3.8) is 0 Å². The van der Waals surface area contributed by atoms with Crippen LogP contribution in [0.15, 0.2) is 131 Å². The summed E-state index contributed by atoms with van der Waals surface area (Å²) in [6.07, 6.45) is 22.7. The maximum atomic E-state index is 14.2. The number of rotatable bonds is 22. The molecule has 0 aromatic carbocycles. The molecule has 8 bridgehead atoms. The molecule has 9 nitrogen and oxygen atoms in total. The zero-order chi connectivity index (χ0) is 48.7. The van der Waals surface area contributed by atoms with Crippen LogP contribution in [0.4, 0.5) is 0 Å². The number of aliphatic hydroxyl groups excluding tert-OH is 1. The molecule has 5 heterocycles. The number of esters is 2. The van der Waals surface area contributed by atoms with Crippen molar-refractivity contribution >= 4 is 29.1 Å². The molecule has 2 N–H and O–H groups in total. The first kappa shape index (κ1) is 51.3. The van der Waals surface area contributed by atoms with Gasteiger partial charge in [0.25, 0.3) is 0 Å². The highest BCUT2D eigenvalue weighted by atomic mass is 16.5. The van der Waals surface area contributed by atoms with Crippen molar-refractivity contribution in [1.82, 2.24) is 5.32 Å². The first-order valence-corrected chi connectivity index (χ1v) is 25.5. The lowest BCUT2D eigenvalue weighted by Crippen LogP contribution is -2.26. The Balaban J connectivity index is 1.23. The SMILES string of the molecule is C=CC1=C(C)C2=NC1=CC1=NC(=CC3=C(C)C4=C(O)[C@H](C(=O)OCC(C)C)C(=C5NC(=C2)[C@@H](C)[C@@H]5CCC(=O)OC/C=C(\C)CCC[C@H](C)CCC[C@H](C)CCCC(C)C)C4=N3)C(CC)=C1C. The number of aliphatic imine (C=N–C) groups is 3. The average Bonchev–Trinajstić information content (AvgIpc) is 4.02. The van der Waals surface area contributed by atoms with Gasteiger partial charge in [-0.05, 0) is 124 Å². The molecule has 0 radical (unpaired) electrons. The lowest BCUT2D eigenvalue weighted by molar-refractivity contribution is -0.147. The first-order chi connectivity index (χ1) is 31.9. The van der Waals surface area contributed by atoms with Crippen LogP contribution < -0.4 is 5.32 Å². The Morgan fingerprint density at radius 1 is 0.821 bits per heavy atom. The molecule has 0 spiro atoms. The number of nitrogens with zero attached hydrogens (tertiary/aromatic N) is 3. The van der Waals surface area contributed by atoms with Crippen LogP contribution >= 0.6 is 0 Å². The van der Waals surface area contributed by atoms with E-state index in [0.29, 0.717) is 29.0 Å². The Labute approximate surface area is 402 Å². The molecular formula is C58H80N4O5. The first-order valence-electron chi connectivity index (χ1n) is 25.5. The Bertz CT molecular complexity index is 2360. The second-order valence-electron chi connectivity index (χ2n) is 21.0. The Hall–Kier alpha value is -5.05. The number of hydrogen-bond donors (Lipinski definition) is 2. The number of fused-ring (bicyclic) bond motifs is 5. The second-order valence-corrected chi connectivity index (χ2v) is 21.0. The lowest BCUT2D eigenvalue weighted by atomic mass is 9.84. The molecule has 5 atom stereocenters. The minimum absolute atomic E-state index is 0.0681. The summed E-state index contributed by atoms with van der Waals surface area (Å²) < 4.78 is 11.7. The molecule has 6 rings (SSSR count). The number of allylic oxidation sites excluding steroid dienone is 12. The van der Waals surface area contributed by atoms with Gasteiger partial charge >= 0.3 is 11.9 Å². The van der Waals surface area contributed by atoms with Crippen LogP contribution in [0.2, 0.25) is 0 Å². The number of aliphatic hydroxyl groups is 1. The van der Waals surface area contributed by atoms with Crippen LogP contribution in [0, 0.1) is 41.4 Å². The van der Waals surface area contributed by atoms with Gasteiger partial charge in [0.05, 0.1) is 40.8 Å². The van der Waals surface area contributed by atoms with Crippen molar-refractivity contribution in [2.75, 3.05) is 13.2 Å². The maximum Gasteiger partial charge on any atom is 0.321 e. The highest BCUT2D eigenvalue weighted by Gasteiger charge is 2.49. The topological polar surface area (TPSA) is 122 Å². The third-order valence-electron chi connectivity index (χ3n) is 14.7. The molecule has 5 aliphatic heterocycles. The second kappa shape index (κ2) is 22.8. The molecule has 1 saturated heterocycles. The summed E-state index contributed by atoms with van der Waals surface area (Å²) in [5.74, 6) is 0.134. The fraction of sp³-hybridized carbons (Fsp3) is 0.569. The molecule has 0 saturated carbocycles. The normalized spacial score (nSPS) is 22.4. The number of ether oxygens (including phenoxy) is 2. The van der Waals surface area contributed by atoms with Gasteiger partial charge in [0.15, 0.2) is 0 Å². The predicted molar refractivity (Wildman–Crippen MR) is 276 cm³/mol. The Morgan fingerprint density at radius 3 is 2.13 bits per heavy atom. The largest absolute Gasteiger partial charge is 0.510 e. The minimum Gasteiger partial charge on any atom is -0.510 e. The van der Waals surface area contributed by atoms with Gasteiger partial charge in [-0.25, -0.2) is 15.0 Å². The molecular weight excluding hydrogens is 833 g/mol. The van der Waals surface area contributed by atoms with E-state index in [1.807, 2.05) is 45.1 Å². The molecule has 0 aromatic rings. The number of hydrogen-bond acceptors (Lipinski definition) is 9. The number of nitrogens with one attached hydrogen (secondary N) is 1. The molecule has 0 unspecified atom stereocenters. The van der Waals surface area contributed by atoms with Crippen LogP contribution in [-0.2, 0) is 19.1 Å². The smallest absolute Gasteiger partial charge is 0.321 e. The van der Waals surface area contributed by atoms with Gasteiger partial charge < -0.3 is 19.9 Å². The van der Waals surface area contributed by atoms with Crippen molar-refractivity contribution in [2.45, 2.75) is 160 Å². The summed E-state index contributed by atoms with van der Waals surface area (Å²) in [6.45, 7) is 30.5. The van der Waals surface area contributed by atoms with E-state index in [0.717, 1.165) is 99.1 Å². The molecule has 0 aromatic heterocycles. The summed E-state index contributed by atoms with van der Waals surface area (Å²) in [4.78, 5) is 43.2. The Morgan fingerprint density at radius 2 is 1.48 bits per heavy atom. The average molecular weight is 913 g/mol. The molecule has 1 fully saturated rings. The van der Waals surface area contributed by atoms with E-state index in [1.54, 1.807) is 0 Å². The van der Waals surface area contributed by atoms with E-state index in [1.165, 1.54) is 50.5 Å². The highest BCUT2D eigenvalue weighted by Crippen LogP contribution is 2.49. The third-order valence-corrected chi connectivity index (χ3v) is 14.7. The predicted octanol–water partition coefficient (Wildman–Crippen LogP) is 14.0. The summed E-state index contributed by atoms with van der Waals surface area (Å²) >= 11 is 0. The molecule has 1 aliphatic carbocycles. The fourth-order valence-electron chi connectivity index (χ4n) is 10.4. The van der Waals surface area contributed by atoms with Crippen molar-refractivity contribution in [3.8, 4) is 0 Å². The van der Waals surface area contributed by atoms with Gasteiger partial charge in [0.1, 0.15) is 18.3 Å². The van der Waals surface area contributed by atoms with E-state index in [4.69, 9.17) is 24.5 Å². The maximum absolute atomic E-state index is 14.2. The van der Waals surface area contributed by atoms with E-state index in [2.05, 4.69) is 80.3 Å². The van der Waals surface area contributed by atoms with Gasteiger partial charge in [-0.3, -0.25) is 9.59 Å². The van der Waals surface area contributed by atoms with Crippen LogP contribution in [0.3, 0.4) is 0 Å². The zero-order valence-electron chi connectivity index (χ0n) is 43.0. The van der Waals surface area contributed by atoms with Gasteiger partial charge in [0.2, 0.25) is 0 Å². The van der Waals surface area contributed by atoms with E-state index >= 15 is 0 Å². The van der Waals surface area contributed by atoms with Gasteiger partial charge in [-0.15, -0.1) is 0 Å². The summed E-state index contributed by atoms with van der Waals surface area (Å²) in [5, 5.41) is 15.9. The molecule has 362 valence electrons. The standard InChI is InChI=1S/C58H80N4O5/c1-14-42-38(10)45-29-47-40(12)44(25-26-51(63)66-28-27-37(9)24-18-23-36(8)22-17-21-35(7)20-16-19-33(3)4)55(61-47)53-54(58(65)67-32-34(5)6)57(64)52-41(13)48(62-56(52)53)31-50-43(15-2)39(11)46(60-50)30-49(42)59-45/h14,27,29-31,33-36,40,44,54,61,64H,1,15-26,28,32H2,2-13H3/b37-27+,47-29?,49-30?,50-31?,55-53?/t35-,36-,40+,44+,54-/m1/s1. The van der Waals surface area contributed by atoms with Crippen molar-refractivity contribution < 1.29 is 24.2 Å². The molecule has 9 heteroatoms. The summed E-state index contributed by atoms with van der Waals surface area (Å²) in [7, 11) is 0. The van der Waals surface area contributed by atoms with Crippen molar-refractivity contribution in [3.05, 3.63) is 116 Å². The third kappa shape index (κ3) is 12.0. The molecule has 6 aliphatic rings. The van der Waals surface area contributed by atoms with E-state index in [9.17, 15) is 14.7 Å². The quantitative estimate of drug-likeness (QED) is 0.0824. The van der Waals surface area contributed by atoms with E-state index < -0.39 is 11.9 Å². The lowest BCUT2D eigenvalue weighted by Gasteiger charge is -2.21. The summed E-state index contributed by atoms with van der Waals surface area (Å²) in [6, 6.07) is 0. The number of carbonyl (C=O) groups excluding carboxylic acids is 2. The monoisotopic (exact) mass is 913 g/mol. The fourth-order valence-corrected chi connectivity index (χ4v) is 10.4. The van der Waals surface area contributed by atoms with E-state index in [-0.39, 0.29) is 49.1 Å². The van der Waals surface area contributed by atoms with Crippen molar-refractivity contribution in [2.24, 2.45) is 56.4 Å². The van der Waals surface area contributed by atoms with Gasteiger partial charge in [0, 0.05) is 46.4 Å².